The molecule has 0 aromatic heterocycles. The second kappa shape index (κ2) is 8.99. The van der Waals surface area contributed by atoms with Crippen molar-refractivity contribution in [3.63, 3.8) is 0 Å². The van der Waals surface area contributed by atoms with E-state index in [0.717, 1.165) is 5.56 Å². The Kier molecular flexibility index (Phi) is 7.02. The molecule has 2 aliphatic heterocycles. The third kappa shape index (κ3) is 3.98. The van der Waals surface area contributed by atoms with Gasteiger partial charge < -0.3 is 29.9 Å². The molecule has 2 heterocycles. The normalized spacial score (nSPS) is 36.0. The maximum atomic E-state index is 11.1. The molecule has 0 saturated carbocycles. The summed E-state index contributed by atoms with van der Waals surface area (Å²) in [5.41, 5.74) is 1.74. The predicted octanol–water partition coefficient (Wildman–Crippen LogP) is 1.66. The average molecular weight is 446 g/mol. The summed E-state index contributed by atoms with van der Waals surface area (Å²) in [4.78, 5) is 11.1. The number of allylic oxidation sites excluding steroid dienone is 1. The van der Waals surface area contributed by atoms with E-state index in [4.69, 9.17) is 21.1 Å². The Morgan fingerprint density at radius 3 is 2.72 bits per heavy atom. The number of hydrogen-bond donors (Lipinski definition) is 4. The number of aryl methyl sites for hydroxylation is 1. The van der Waals surface area contributed by atoms with E-state index in [-0.39, 0.29) is 5.25 Å². The fraction of sp³-hybridized carbons (Fsp3) is 0.579. The fourth-order valence-corrected chi connectivity index (χ4v) is 5.20. The second-order valence-electron chi connectivity index (χ2n) is 7.16. The van der Waals surface area contributed by atoms with Crippen LogP contribution in [0.1, 0.15) is 29.2 Å². The van der Waals surface area contributed by atoms with Crippen molar-refractivity contribution in [2.75, 3.05) is 13.7 Å². The molecule has 8 nitrogen and oxygen atoms in total. The first-order valence-corrected chi connectivity index (χ1v) is 10.4. The van der Waals surface area contributed by atoms with Gasteiger partial charge in [-0.25, -0.2) is 0 Å². The second-order valence-corrected chi connectivity index (χ2v) is 9.07. The van der Waals surface area contributed by atoms with E-state index in [1.165, 1.54) is 18.9 Å². The number of halogens is 1. The molecule has 3 unspecified atom stereocenters. The van der Waals surface area contributed by atoms with Crippen LogP contribution in [0.3, 0.4) is 0 Å². The monoisotopic (exact) mass is 445 g/mol. The Balaban J connectivity index is 2.00. The van der Waals surface area contributed by atoms with Gasteiger partial charge in [-0.3, -0.25) is 0 Å². The molecule has 10 heteroatoms. The third-order valence-electron chi connectivity index (χ3n) is 5.50. The van der Waals surface area contributed by atoms with Crippen molar-refractivity contribution < 1.29 is 29.9 Å². The zero-order valence-corrected chi connectivity index (χ0v) is 17.5. The number of benzene rings is 1. The molecule has 4 N–H and O–H groups in total. The molecule has 0 amide bonds. The Morgan fingerprint density at radius 1 is 1.45 bits per heavy atom. The van der Waals surface area contributed by atoms with Crippen LogP contribution in [0.15, 0.2) is 33.8 Å². The van der Waals surface area contributed by atoms with Gasteiger partial charge >= 0.3 is 0 Å². The first-order chi connectivity index (χ1) is 13.8. The highest BCUT2D eigenvalue weighted by Gasteiger charge is 2.56. The van der Waals surface area contributed by atoms with Crippen LogP contribution in [0.5, 0.6) is 0 Å². The molecule has 160 valence electrons. The van der Waals surface area contributed by atoms with Gasteiger partial charge in [0.05, 0.1) is 17.1 Å². The SMILES string of the molecule is COC1(c2ccc(C)c(C(O)C3CC=C(Cl)S3)c2)O[C@H](CO)[C@@H](N=O)[C@H](O)[C@H]1O. The lowest BCUT2D eigenvalue weighted by atomic mass is 9.85. The van der Waals surface area contributed by atoms with Gasteiger partial charge in [-0.05, 0) is 30.5 Å². The number of nitrogens with zero attached hydrogens (tertiary/aromatic N) is 1. The minimum atomic E-state index is -1.85. The molecule has 1 fully saturated rings. The largest absolute Gasteiger partial charge is 0.394 e. The zero-order chi connectivity index (χ0) is 21.3. The smallest absolute Gasteiger partial charge is 0.224 e. The molecule has 0 spiro atoms. The van der Waals surface area contributed by atoms with E-state index in [1.807, 2.05) is 13.0 Å². The van der Waals surface area contributed by atoms with E-state index in [0.29, 0.717) is 21.9 Å². The van der Waals surface area contributed by atoms with Crippen LogP contribution in [0.25, 0.3) is 0 Å². The Morgan fingerprint density at radius 2 is 2.17 bits per heavy atom. The number of ether oxygens (including phenoxy) is 2. The van der Waals surface area contributed by atoms with Crippen molar-refractivity contribution in [2.45, 2.75) is 54.8 Å². The van der Waals surface area contributed by atoms with E-state index in [1.54, 1.807) is 18.2 Å². The van der Waals surface area contributed by atoms with Gasteiger partial charge in [0.15, 0.2) is 0 Å². The Hall–Kier alpha value is -1.04. The highest BCUT2D eigenvalue weighted by atomic mass is 35.5. The van der Waals surface area contributed by atoms with Gasteiger partial charge in [0.2, 0.25) is 5.79 Å². The highest BCUT2D eigenvalue weighted by Crippen LogP contribution is 2.44. The molecule has 1 saturated heterocycles. The molecule has 0 aliphatic carbocycles. The summed E-state index contributed by atoms with van der Waals surface area (Å²) < 4.78 is 11.9. The fourth-order valence-electron chi connectivity index (χ4n) is 3.82. The number of thioether (sulfide) groups is 1. The molecule has 1 aromatic carbocycles. The molecular formula is C19H24ClNO7S. The number of hydrogen-bond acceptors (Lipinski definition) is 9. The van der Waals surface area contributed by atoms with Crippen LogP contribution in [0.2, 0.25) is 0 Å². The number of nitroso groups, excluding NO2 is 1. The summed E-state index contributed by atoms with van der Waals surface area (Å²) in [6.07, 6.45) is -2.82. The van der Waals surface area contributed by atoms with Gasteiger partial charge in [-0.15, -0.1) is 11.8 Å². The van der Waals surface area contributed by atoms with Gasteiger partial charge in [0, 0.05) is 17.9 Å². The van der Waals surface area contributed by atoms with Crippen LogP contribution in [0.4, 0.5) is 0 Å². The molecule has 3 rings (SSSR count). The molecule has 29 heavy (non-hydrogen) atoms. The van der Waals surface area contributed by atoms with Crippen molar-refractivity contribution in [1.29, 1.82) is 0 Å². The first-order valence-electron chi connectivity index (χ1n) is 9.12. The lowest BCUT2D eigenvalue weighted by Crippen LogP contribution is -2.63. The third-order valence-corrected chi connectivity index (χ3v) is 7.07. The van der Waals surface area contributed by atoms with Gasteiger partial charge in [0.1, 0.15) is 24.4 Å². The van der Waals surface area contributed by atoms with Crippen molar-refractivity contribution in [2.24, 2.45) is 5.18 Å². The van der Waals surface area contributed by atoms with E-state index in [9.17, 15) is 25.3 Å². The minimum absolute atomic E-state index is 0.161. The molecule has 7 atom stereocenters. The summed E-state index contributed by atoms with van der Waals surface area (Å²) in [5.74, 6) is -1.85. The molecule has 0 bridgehead atoms. The van der Waals surface area contributed by atoms with Crippen molar-refractivity contribution in [1.82, 2.24) is 0 Å². The summed E-state index contributed by atoms with van der Waals surface area (Å²) >= 11 is 7.40. The van der Waals surface area contributed by atoms with Crippen LogP contribution >= 0.6 is 23.4 Å². The standard InChI is InChI=1S/C19H24ClNO7S/c1-9-3-4-10(7-11(9)16(23)13-5-6-14(20)29-13)19(27-2)18(25)17(24)15(21-26)12(8-22)28-19/h3-4,6-7,12-13,15-18,22-25H,5,8H2,1-2H3/t12-,13?,15-,16?,17+,18-,19?/m1/s1. The van der Waals surface area contributed by atoms with Crippen LogP contribution in [-0.4, -0.2) is 63.7 Å². The van der Waals surface area contributed by atoms with Gasteiger partial charge in [-0.2, -0.15) is 4.91 Å². The quantitative estimate of drug-likeness (QED) is 0.486. The molecule has 2 aliphatic rings. The Bertz CT molecular complexity index is 792. The Labute approximate surface area is 177 Å². The summed E-state index contributed by atoms with van der Waals surface area (Å²) in [6, 6.07) is 3.66. The lowest BCUT2D eigenvalue weighted by molar-refractivity contribution is -0.349. The van der Waals surface area contributed by atoms with E-state index < -0.39 is 42.9 Å². The maximum Gasteiger partial charge on any atom is 0.224 e. The maximum absolute atomic E-state index is 11.1. The molecule has 1 aromatic rings. The minimum Gasteiger partial charge on any atom is -0.394 e. The van der Waals surface area contributed by atoms with Crippen molar-refractivity contribution >= 4 is 23.4 Å². The predicted molar refractivity (Wildman–Crippen MR) is 108 cm³/mol. The topological polar surface area (TPSA) is 129 Å². The lowest BCUT2D eigenvalue weighted by Gasteiger charge is -2.47. The summed E-state index contributed by atoms with van der Waals surface area (Å²) in [5, 5.41) is 44.2. The summed E-state index contributed by atoms with van der Waals surface area (Å²) in [7, 11) is 1.28. The van der Waals surface area contributed by atoms with E-state index in [2.05, 4.69) is 5.18 Å². The molecular weight excluding hydrogens is 422 g/mol. The number of rotatable bonds is 6. The van der Waals surface area contributed by atoms with Crippen LogP contribution in [-0.2, 0) is 15.3 Å². The molecule has 0 radical (unpaired) electrons. The zero-order valence-electron chi connectivity index (χ0n) is 15.9. The average Bonchev–Trinajstić information content (AvgIpc) is 3.16. The van der Waals surface area contributed by atoms with E-state index >= 15 is 0 Å². The van der Waals surface area contributed by atoms with Gasteiger partial charge in [-0.1, -0.05) is 35.0 Å². The summed E-state index contributed by atoms with van der Waals surface area (Å²) in [6.45, 7) is 1.24. The van der Waals surface area contributed by atoms with Crippen LogP contribution < -0.4 is 0 Å². The first kappa shape index (κ1) is 22.6. The van der Waals surface area contributed by atoms with Crippen molar-refractivity contribution in [3.05, 3.63) is 50.2 Å². The highest BCUT2D eigenvalue weighted by molar-refractivity contribution is 8.05. The number of aliphatic hydroxyl groups is 4. The van der Waals surface area contributed by atoms with Gasteiger partial charge in [0.25, 0.3) is 0 Å². The van der Waals surface area contributed by atoms with Crippen LogP contribution in [0, 0.1) is 11.8 Å². The number of aliphatic hydroxyl groups excluding tert-OH is 4. The number of methoxy groups -OCH3 is 1. The van der Waals surface area contributed by atoms with Crippen molar-refractivity contribution in [3.8, 4) is 0 Å².